The van der Waals surface area contributed by atoms with Crippen molar-refractivity contribution >= 4 is 11.9 Å². The molecular weight excluding hydrogens is 256 g/mol. The molecule has 2 rings (SSSR count). The first-order valence-electron chi connectivity index (χ1n) is 7.71. The topological polar surface area (TPSA) is 78.7 Å². The van der Waals surface area contributed by atoms with Crippen LogP contribution in [0.5, 0.6) is 0 Å². The van der Waals surface area contributed by atoms with Gasteiger partial charge in [0, 0.05) is 26.2 Å². The number of nitrogens with two attached hydrogens (primary N) is 1. The molecular formula is C14H26N4O2. The van der Waals surface area contributed by atoms with Crippen molar-refractivity contribution in [3.63, 3.8) is 0 Å². The van der Waals surface area contributed by atoms with E-state index in [1.807, 2.05) is 4.90 Å². The predicted octanol–water partition coefficient (Wildman–Crippen LogP) is 0.379. The molecule has 6 nitrogen and oxygen atoms in total. The largest absolute Gasteiger partial charge is 0.369 e. The van der Waals surface area contributed by atoms with Crippen LogP contribution in [-0.4, -0.2) is 61.0 Å². The second kappa shape index (κ2) is 7.47. The first kappa shape index (κ1) is 15.1. The SMILES string of the molecule is NC(=O)C1CCCN(CCCNC(=O)N2CCCC2)C1. The van der Waals surface area contributed by atoms with E-state index in [-0.39, 0.29) is 17.9 Å². The Kier molecular flexibility index (Phi) is 5.64. The summed E-state index contributed by atoms with van der Waals surface area (Å²) in [5, 5.41) is 2.97. The fraction of sp³-hybridized carbons (Fsp3) is 0.857. The first-order chi connectivity index (χ1) is 9.66. The summed E-state index contributed by atoms with van der Waals surface area (Å²) in [6.45, 7) is 5.20. The van der Waals surface area contributed by atoms with Gasteiger partial charge in [0.15, 0.2) is 0 Å². The number of primary amides is 1. The van der Waals surface area contributed by atoms with E-state index in [0.717, 1.165) is 64.8 Å². The summed E-state index contributed by atoms with van der Waals surface area (Å²) >= 11 is 0. The Hall–Kier alpha value is -1.30. The summed E-state index contributed by atoms with van der Waals surface area (Å²) in [5.74, 6) is -0.181. The second-order valence-electron chi connectivity index (χ2n) is 5.82. The standard InChI is InChI=1S/C14H26N4O2/c15-13(19)12-5-3-7-17(11-12)8-4-6-16-14(20)18-9-1-2-10-18/h12H,1-11H2,(H2,15,19)(H,16,20). The van der Waals surface area contributed by atoms with Gasteiger partial charge in [-0.25, -0.2) is 4.79 Å². The van der Waals surface area contributed by atoms with E-state index in [1.54, 1.807) is 0 Å². The first-order valence-corrected chi connectivity index (χ1v) is 7.71. The zero-order valence-corrected chi connectivity index (χ0v) is 12.1. The van der Waals surface area contributed by atoms with Gasteiger partial charge >= 0.3 is 6.03 Å². The minimum absolute atomic E-state index is 0.00272. The van der Waals surface area contributed by atoms with E-state index in [0.29, 0.717) is 6.54 Å². The highest BCUT2D eigenvalue weighted by molar-refractivity contribution is 5.77. The second-order valence-corrected chi connectivity index (χ2v) is 5.82. The summed E-state index contributed by atoms with van der Waals surface area (Å²) in [5.41, 5.74) is 5.37. The molecule has 114 valence electrons. The van der Waals surface area contributed by atoms with Crippen LogP contribution < -0.4 is 11.1 Å². The lowest BCUT2D eigenvalue weighted by molar-refractivity contribution is -0.123. The van der Waals surface area contributed by atoms with E-state index in [2.05, 4.69) is 10.2 Å². The molecule has 2 saturated heterocycles. The van der Waals surface area contributed by atoms with Gasteiger partial charge in [-0.1, -0.05) is 0 Å². The molecule has 0 bridgehead atoms. The van der Waals surface area contributed by atoms with Gasteiger partial charge in [-0.3, -0.25) is 4.79 Å². The zero-order chi connectivity index (χ0) is 14.4. The average molecular weight is 282 g/mol. The molecule has 0 aliphatic carbocycles. The molecule has 3 N–H and O–H groups in total. The molecule has 2 heterocycles. The molecule has 0 saturated carbocycles. The van der Waals surface area contributed by atoms with Crippen molar-refractivity contribution in [2.45, 2.75) is 32.1 Å². The Morgan fingerprint density at radius 1 is 1.15 bits per heavy atom. The molecule has 0 radical (unpaired) electrons. The van der Waals surface area contributed by atoms with Crippen LogP contribution in [0.2, 0.25) is 0 Å². The number of amides is 3. The minimum atomic E-state index is -0.183. The van der Waals surface area contributed by atoms with Gasteiger partial charge in [0.25, 0.3) is 0 Å². The third-order valence-electron chi connectivity index (χ3n) is 4.23. The summed E-state index contributed by atoms with van der Waals surface area (Å²) in [6, 6.07) is 0.0659. The van der Waals surface area contributed by atoms with Gasteiger partial charge in [-0.2, -0.15) is 0 Å². The van der Waals surface area contributed by atoms with Crippen LogP contribution in [0.25, 0.3) is 0 Å². The maximum absolute atomic E-state index is 11.8. The summed E-state index contributed by atoms with van der Waals surface area (Å²) in [4.78, 5) is 27.1. The van der Waals surface area contributed by atoms with Crippen LogP contribution >= 0.6 is 0 Å². The highest BCUT2D eigenvalue weighted by Crippen LogP contribution is 2.15. The van der Waals surface area contributed by atoms with Gasteiger partial charge in [0.2, 0.25) is 5.91 Å². The summed E-state index contributed by atoms with van der Waals surface area (Å²) < 4.78 is 0. The van der Waals surface area contributed by atoms with E-state index in [4.69, 9.17) is 5.73 Å². The monoisotopic (exact) mass is 282 g/mol. The molecule has 0 aromatic rings. The maximum atomic E-state index is 11.8. The highest BCUT2D eigenvalue weighted by Gasteiger charge is 2.23. The fourth-order valence-electron chi connectivity index (χ4n) is 3.02. The molecule has 6 heteroatoms. The van der Waals surface area contributed by atoms with Crippen molar-refractivity contribution in [2.75, 3.05) is 39.3 Å². The Labute approximate surface area is 120 Å². The third kappa shape index (κ3) is 4.37. The third-order valence-corrected chi connectivity index (χ3v) is 4.23. The zero-order valence-electron chi connectivity index (χ0n) is 12.1. The normalized spacial score (nSPS) is 23.8. The molecule has 0 spiro atoms. The number of piperidine rings is 1. The smallest absolute Gasteiger partial charge is 0.317 e. The van der Waals surface area contributed by atoms with Crippen LogP contribution in [0.4, 0.5) is 4.79 Å². The van der Waals surface area contributed by atoms with Gasteiger partial charge in [-0.15, -0.1) is 0 Å². The van der Waals surface area contributed by atoms with Crippen molar-refractivity contribution in [2.24, 2.45) is 11.7 Å². The number of likely N-dealkylation sites (tertiary alicyclic amines) is 2. The molecule has 0 aromatic carbocycles. The molecule has 2 aliphatic heterocycles. The molecule has 20 heavy (non-hydrogen) atoms. The van der Waals surface area contributed by atoms with Crippen LogP contribution in [0.1, 0.15) is 32.1 Å². The number of urea groups is 1. The summed E-state index contributed by atoms with van der Waals surface area (Å²) in [6.07, 6.45) is 5.11. The molecule has 2 fully saturated rings. The number of nitrogens with one attached hydrogen (secondary N) is 1. The van der Waals surface area contributed by atoms with Gasteiger partial charge in [-0.05, 0) is 45.2 Å². The van der Waals surface area contributed by atoms with Crippen LogP contribution in [0.15, 0.2) is 0 Å². The van der Waals surface area contributed by atoms with Crippen LogP contribution in [0, 0.1) is 5.92 Å². The molecule has 3 amide bonds. The Bertz CT molecular complexity index is 342. The van der Waals surface area contributed by atoms with E-state index in [1.165, 1.54) is 0 Å². The Balaban J connectivity index is 1.58. The van der Waals surface area contributed by atoms with E-state index < -0.39 is 0 Å². The lowest BCUT2D eigenvalue weighted by Crippen LogP contribution is -2.43. The Morgan fingerprint density at radius 3 is 2.60 bits per heavy atom. The van der Waals surface area contributed by atoms with Crippen molar-refractivity contribution < 1.29 is 9.59 Å². The fourth-order valence-corrected chi connectivity index (χ4v) is 3.02. The quantitative estimate of drug-likeness (QED) is 0.716. The van der Waals surface area contributed by atoms with Crippen molar-refractivity contribution in [3.05, 3.63) is 0 Å². The maximum Gasteiger partial charge on any atom is 0.317 e. The molecule has 1 atom stereocenters. The van der Waals surface area contributed by atoms with Crippen molar-refractivity contribution in [1.82, 2.24) is 15.1 Å². The lowest BCUT2D eigenvalue weighted by atomic mass is 9.97. The lowest BCUT2D eigenvalue weighted by Gasteiger charge is -2.31. The number of rotatable bonds is 5. The number of nitrogens with zero attached hydrogens (tertiary/aromatic N) is 2. The highest BCUT2D eigenvalue weighted by atomic mass is 16.2. The predicted molar refractivity (Wildman–Crippen MR) is 77.2 cm³/mol. The number of hydrogen-bond donors (Lipinski definition) is 2. The van der Waals surface area contributed by atoms with Gasteiger partial charge < -0.3 is 20.9 Å². The minimum Gasteiger partial charge on any atom is -0.369 e. The number of hydrogen-bond acceptors (Lipinski definition) is 3. The number of carbonyl (C=O) groups is 2. The summed E-state index contributed by atoms with van der Waals surface area (Å²) in [7, 11) is 0. The molecule has 2 aliphatic rings. The Morgan fingerprint density at radius 2 is 1.90 bits per heavy atom. The van der Waals surface area contributed by atoms with Gasteiger partial charge in [0.1, 0.15) is 0 Å². The van der Waals surface area contributed by atoms with Crippen LogP contribution in [-0.2, 0) is 4.79 Å². The van der Waals surface area contributed by atoms with Crippen LogP contribution in [0.3, 0.4) is 0 Å². The van der Waals surface area contributed by atoms with Crippen molar-refractivity contribution in [1.29, 1.82) is 0 Å². The van der Waals surface area contributed by atoms with E-state index in [9.17, 15) is 9.59 Å². The number of carbonyl (C=O) groups excluding carboxylic acids is 2. The molecule has 1 unspecified atom stereocenters. The van der Waals surface area contributed by atoms with Gasteiger partial charge in [0.05, 0.1) is 5.92 Å². The van der Waals surface area contributed by atoms with Crippen molar-refractivity contribution in [3.8, 4) is 0 Å². The van der Waals surface area contributed by atoms with E-state index >= 15 is 0 Å². The molecule has 0 aromatic heterocycles. The average Bonchev–Trinajstić information content (AvgIpc) is 2.98.